The summed E-state index contributed by atoms with van der Waals surface area (Å²) in [5, 5.41) is 0. The summed E-state index contributed by atoms with van der Waals surface area (Å²) >= 11 is 0. The normalized spacial score (nSPS) is 13.9. The van der Waals surface area contributed by atoms with E-state index in [4.69, 9.17) is 15.2 Å². The van der Waals surface area contributed by atoms with Gasteiger partial charge in [0.2, 0.25) is 0 Å². The van der Waals surface area contributed by atoms with Crippen LogP contribution < -0.4 is 15.2 Å². The van der Waals surface area contributed by atoms with Crippen molar-refractivity contribution in [3.05, 3.63) is 23.8 Å². The molecule has 108 valence electrons. The number of hydrogen-bond acceptors (Lipinski definition) is 3. The number of ether oxygens (including phenoxy) is 2. The largest absolute Gasteiger partial charge is 0.494 e. The molecule has 0 saturated carbocycles. The molecule has 3 nitrogen and oxygen atoms in total. The van der Waals surface area contributed by atoms with Crippen molar-refractivity contribution in [1.82, 2.24) is 0 Å². The minimum atomic E-state index is 0.408. The highest BCUT2D eigenvalue weighted by Gasteiger charge is 2.18. The van der Waals surface area contributed by atoms with E-state index >= 15 is 0 Å². The Labute approximate surface area is 117 Å². The molecular formula is C16H27NO2. The number of rotatable bonds is 8. The number of benzene rings is 1. The van der Waals surface area contributed by atoms with Crippen LogP contribution in [0.4, 0.5) is 0 Å². The summed E-state index contributed by atoms with van der Waals surface area (Å²) in [6, 6.07) is 6.08. The van der Waals surface area contributed by atoms with E-state index in [1.165, 1.54) is 5.56 Å². The predicted octanol–water partition coefficient (Wildman–Crippen LogP) is 3.57. The molecule has 1 aromatic rings. The van der Waals surface area contributed by atoms with E-state index in [-0.39, 0.29) is 0 Å². The highest BCUT2D eigenvalue weighted by Crippen LogP contribution is 2.35. The second-order valence-electron chi connectivity index (χ2n) is 4.91. The molecule has 0 aliphatic carbocycles. The molecule has 0 aliphatic heterocycles. The standard InChI is InChI=1S/C16H27NO2/c1-5-18-14-7-8-16(19-6-2)15(11-14)13(4)12(3)9-10-17/h7-8,11-13H,5-6,9-10,17H2,1-4H3. The first-order valence-electron chi connectivity index (χ1n) is 7.23. The molecule has 0 bridgehead atoms. The Morgan fingerprint density at radius 1 is 1.11 bits per heavy atom. The summed E-state index contributed by atoms with van der Waals surface area (Å²) in [4.78, 5) is 0. The first kappa shape index (κ1) is 15.8. The maximum Gasteiger partial charge on any atom is 0.123 e. The van der Waals surface area contributed by atoms with Crippen molar-refractivity contribution < 1.29 is 9.47 Å². The summed E-state index contributed by atoms with van der Waals surface area (Å²) in [6.45, 7) is 10.6. The summed E-state index contributed by atoms with van der Waals surface area (Å²) in [6.07, 6.45) is 1.02. The van der Waals surface area contributed by atoms with Crippen LogP contribution in [0.3, 0.4) is 0 Å². The van der Waals surface area contributed by atoms with Crippen LogP contribution in [0, 0.1) is 5.92 Å². The van der Waals surface area contributed by atoms with Crippen LogP contribution >= 0.6 is 0 Å². The van der Waals surface area contributed by atoms with Gasteiger partial charge in [-0.15, -0.1) is 0 Å². The van der Waals surface area contributed by atoms with Crippen LogP contribution in [0.15, 0.2) is 18.2 Å². The summed E-state index contributed by atoms with van der Waals surface area (Å²) < 4.78 is 11.3. The van der Waals surface area contributed by atoms with Gasteiger partial charge in [0, 0.05) is 5.56 Å². The van der Waals surface area contributed by atoms with Crippen molar-refractivity contribution in [2.24, 2.45) is 11.7 Å². The zero-order chi connectivity index (χ0) is 14.3. The van der Waals surface area contributed by atoms with E-state index in [9.17, 15) is 0 Å². The minimum absolute atomic E-state index is 0.408. The third-order valence-electron chi connectivity index (χ3n) is 3.56. The molecule has 19 heavy (non-hydrogen) atoms. The fraction of sp³-hybridized carbons (Fsp3) is 0.625. The molecule has 0 heterocycles. The lowest BCUT2D eigenvalue weighted by Gasteiger charge is -2.23. The van der Waals surface area contributed by atoms with E-state index in [2.05, 4.69) is 19.9 Å². The highest BCUT2D eigenvalue weighted by molar-refractivity contribution is 5.42. The Morgan fingerprint density at radius 2 is 1.79 bits per heavy atom. The van der Waals surface area contributed by atoms with Gasteiger partial charge >= 0.3 is 0 Å². The average molecular weight is 265 g/mol. The molecule has 0 aliphatic rings. The average Bonchev–Trinajstić information content (AvgIpc) is 2.40. The van der Waals surface area contributed by atoms with Crippen LogP contribution in [0.5, 0.6) is 11.5 Å². The first-order chi connectivity index (χ1) is 9.13. The van der Waals surface area contributed by atoms with Crippen molar-refractivity contribution in [3.8, 4) is 11.5 Å². The molecular weight excluding hydrogens is 238 g/mol. The quantitative estimate of drug-likeness (QED) is 0.781. The minimum Gasteiger partial charge on any atom is -0.494 e. The zero-order valence-corrected chi connectivity index (χ0v) is 12.6. The predicted molar refractivity (Wildman–Crippen MR) is 80.0 cm³/mol. The molecule has 1 aromatic carbocycles. The summed E-state index contributed by atoms with van der Waals surface area (Å²) in [5.41, 5.74) is 6.88. The van der Waals surface area contributed by atoms with Gasteiger partial charge in [0.05, 0.1) is 13.2 Å². The molecule has 0 aromatic heterocycles. The van der Waals surface area contributed by atoms with Gasteiger partial charge in [0.15, 0.2) is 0 Å². The third kappa shape index (κ3) is 4.43. The van der Waals surface area contributed by atoms with Gasteiger partial charge in [0.25, 0.3) is 0 Å². The Hall–Kier alpha value is -1.22. The van der Waals surface area contributed by atoms with Gasteiger partial charge < -0.3 is 15.2 Å². The van der Waals surface area contributed by atoms with Gasteiger partial charge in [-0.1, -0.05) is 13.8 Å². The van der Waals surface area contributed by atoms with Gasteiger partial charge in [0.1, 0.15) is 11.5 Å². The Kier molecular flexibility index (Phi) is 6.71. The maximum atomic E-state index is 5.73. The molecule has 2 atom stereocenters. The monoisotopic (exact) mass is 265 g/mol. The van der Waals surface area contributed by atoms with Gasteiger partial charge in [-0.2, -0.15) is 0 Å². The lowest BCUT2D eigenvalue weighted by Crippen LogP contribution is -2.13. The fourth-order valence-corrected chi connectivity index (χ4v) is 2.25. The fourth-order valence-electron chi connectivity index (χ4n) is 2.25. The lowest BCUT2D eigenvalue weighted by atomic mass is 9.86. The van der Waals surface area contributed by atoms with Crippen molar-refractivity contribution in [3.63, 3.8) is 0 Å². The van der Waals surface area contributed by atoms with Gasteiger partial charge in [-0.05, 0) is 56.8 Å². The van der Waals surface area contributed by atoms with Crippen LogP contribution in [-0.2, 0) is 0 Å². The summed E-state index contributed by atoms with van der Waals surface area (Å²) in [7, 11) is 0. The Bertz CT molecular complexity index is 379. The highest BCUT2D eigenvalue weighted by atomic mass is 16.5. The van der Waals surface area contributed by atoms with Crippen molar-refractivity contribution in [2.75, 3.05) is 19.8 Å². The molecule has 2 unspecified atom stereocenters. The molecule has 0 amide bonds. The van der Waals surface area contributed by atoms with Crippen molar-refractivity contribution >= 4 is 0 Å². The van der Waals surface area contributed by atoms with E-state index < -0.39 is 0 Å². The number of hydrogen-bond donors (Lipinski definition) is 1. The molecule has 0 saturated heterocycles. The smallest absolute Gasteiger partial charge is 0.123 e. The lowest BCUT2D eigenvalue weighted by molar-refractivity contribution is 0.321. The van der Waals surface area contributed by atoms with Crippen molar-refractivity contribution in [2.45, 2.75) is 40.0 Å². The van der Waals surface area contributed by atoms with Crippen LogP contribution in [0.25, 0.3) is 0 Å². The van der Waals surface area contributed by atoms with Crippen LogP contribution in [-0.4, -0.2) is 19.8 Å². The first-order valence-corrected chi connectivity index (χ1v) is 7.23. The van der Waals surface area contributed by atoms with Gasteiger partial charge in [-0.25, -0.2) is 0 Å². The maximum absolute atomic E-state index is 5.73. The molecule has 1 rings (SSSR count). The molecule has 0 spiro atoms. The van der Waals surface area contributed by atoms with E-state index in [0.29, 0.717) is 25.0 Å². The van der Waals surface area contributed by atoms with E-state index in [0.717, 1.165) is 24.5 Å². The topological polar surface area (TPSA) is 44.5 Å². The second kappa shape index (κ2) is 8.05. The third-order valence-corrected chi connectivity index (χ3v) is 3.56. The Morgan fingerprint density at radius 3 is 2.37 bits per heavy atom. The summed E-state index contributed by atoms with van der Waals surface area (Å²) in [5.74, 6) is 2.81. The SMILES string of the molecule is CCOc1ccc(OCC)c(C(C)C(C)CCN)c1. The number of nitrogens with two attached hydrogens (primary N) is 1. The zero-order valence-electron chi connectivity index (χ0n) is 12.6. The van der Waals surface area contributed by atoms with E-state index in [1.54, 1.807) is 0 Å². The van der Waals surface area contributed by atoms with Gasteiger partial charge in [-0.3, -0.25) is 0 Å². The van der Waals surface area contributed by atoms with Crippen LogP contribution in [0.1, 0.15) is 45.6 Å². The van der Waals surface area contributed by atoms with E-state index in [1.807, 2.05) is 26.0 Å². The Balaban J connectivity index is 3.01. The molecule has 3 heteroatoms. The van der Waals surface area contributed by atoms with Crippen LogP contribution in [0.2, 0.25) is 0 Å². The molecule has 2 N–H and O–H groups in total. The second-order valence-corrected chi connectivity index (χ2v) is 4.91. The molecule has 0 radical (unpaired) electrons. The van der Waals surface area contributed by atoms with Crippen molar-refractivity contribution in [1.29, 1.82) is 0 Å². The molecule has 0 fully saturated rings.